The Labute approximate surface area is 130 Å². The Balaban J connectivity index is 2.17. The van der Waals surface area contributed by atoms with E-state index in [9.17, 15) is 18.0 Å². The van der Waals surface area contributed by atoms with E-state index in [1.807, 2.05) is 24.3 Å². The van der Waals surface area contributed by atoms with Gasteiger partial charge in [-0.05, 0) is 24.5 Å². The predicted molar refractivity (Wildman–Crippen MR) is 84.4 cm³/mol. The van der Waals surface area contributed by atoms with Gasteiger partial charge in [-0.15, -0.1) is 0 Å². The average molecular weight is 324 g/mol. The van der Waals surface area contributed by atoms with Crippen molar-refractivity contribution in [2.75, 3.05) is 23.5 Å². The van der Waals surface area contributed by atoms with Crippen molar-refractivity contribution < 1.29 is 18.0 Å². The van der Waals surface area contributed by atoms with Crippen LogP contribution >= 0.6 is 0 Å². The van der Waals surface area contributed by atoms with Crippen molar-refractivity contribution in [3.05, 3.63) is 29.8 Å². The van der Waals surface area contributed by atoms with Crippen molar-refractivity contribution in [2.45, 2.75) is 25.8 Å². The zero-order valence-corrected chi connectivity index (χ0v) is 13.5. The molecule has 1 atom stereocenters. The first-order valence-electron chi connectivity index (χ1n) is 7.12. The third kappa shape index (κ3) is 4.07. The molecule has 1 aromatic rings. The molecule has 6 nitrogen and oxygen atoms in total. The summed E-state index contributed by atoms with van der Waals surface area (Å²) in [5.74, 6) is -0.748. The summed E-state index contributed by atoms with van der Waals surface area (Å²) in [5.41, 5.74) is 1.92. The van der Waals surface area contributed by atoms with E-state index in [1.165, 1.54) is 6.92 Å². The smallest absolute Gasteiger partial charge is 0.249 e. The van der Waals surface area contributed by atoms with Gasteiger partial charge in [0.2, 0.25) is 11.8 Å². The summed E-state index contributed by atoms with van der Waals surface area (Å²) in [6.07, 6.45) is 1.96. The van der Waals surface area contributed by atoms with E-state index >= 15 is 0 Å². The summed E-state index contributed by atoms with van der Waals surface area (Å²) in [7, 11) is -3.19. The molecule has 2 amide bonds. The maximum atomic E-state index is 12.7. The Morgan fingerprint density at radius 1 is 1.32 bits per heavy atom. The minimum atomic E-state index is -3.19. The number of nitrogens with one attached hydrogen (secondary N) is 1. The van der Waals surface area contributed by atoms with Gasteiger partial charge in [-0.3, -0.25) is 9.59 Å². The number of hydrogen-bond donors (Lipinski definition) is 1. The topological polar surface area (TPSA) is 83.5 Å². The largest absolute Gasteiger partial charge is 0.344 e. The molecule has 0 radical (unpaired) electrons. The van der Waals surface area contributed by atoms with Crippen molar-refractivity contribution in [2.24, 2.45) is 0 Å². The molecule has 2 rings (SSSR count). The van der Waals surface area contributed by atoms with Crippen molar-refractivity contribution in [1.82, 2.24) is 5.32 Å². The van der Waals surface area contributed by atoms with Crippen LogP contribution in [-0.2, 0) is 25.8 Å². The van der Waals surface area contributed by atoms with Gasteiger partial charge in [-0.25, -0.2) is 8.42 Å². The lowest BCUT2D eigenvalue weighted by molar-refractivity contribution is -0.126. The second kappa shape index (κ2) is 6.48. The summed E-state index contributed by atoms with van der Waals surface area (Å²) in [5, 5.41) is 2.57. The van der Waals surface area contributed by atoms with Gasteiger partial charge in [0.1, 0.15) is 15.9 Å². The lowest BCUT2D eigenvalue weighted by atomic mass is 10.1. The highest BCUT2D eigenvalue weighted by molar-refractivity contribution is 7.90. The third-order valence-electron chi connectivity index (χ3n) is 3.61. The zero-order chi connectivity index (χ0) is 16.3. The number of hydrogen-bond acceptors (Lipinski definition) is 4. The van der Waals surface area contributed by atoms with Gasteiger partial charge >= 0.3 is 0 Å². The van der Waals surface area contributed by atoms with Crippen LogP contribution in [0.1, 0.15) is 18.9 Å². The number of fused-ring (bicyclic) bond motifs is 1. The fourth-order valence-corrected chi connectivity index (χ4v) is 3.25. The number of nitrogens with zero attached hydrogens (tertiary/aromatic N) is 1. The molecule has 22 heavy (non-hydrogen) atoms. The van der Waals surface area contributed by atoms with Crippen molar-refractivity contribution >= 4 is 27.3 Å². The minimum Gasteiger partial charge on any atom is -0.344 e. The summed E-state index contributed by atoms with van der Waals surface area (Å²) in [4.78, 5) is 25.6. The molecule has 0 bridgehead atoms. The Kier molecular flexibility index (Phi) is 4.85. The maximum absolute atomic E-state index is 12.7. The van der Waals surface area contributed by atoms with Gasteiger partial charge in [0, 0.05) is 25.4 Å². The molecule has 1 aromatic carbocycles. The number of amides is 2. The summed E-state index contributed by atoms with van der Waals surface area (Å²) in [6.45, 7) is 1.87. The van der Waals surface area contributed by atoms with Crippen LogP contribution in [-0.4, -0.2) is 44.8 Å². The molecule has 0 unspecified atom stereocenters. The van der Waals surface area contributed by atoms with Crippen LogP contribution in [0, 0.1) is 0 Å². The first kappa shape index (κ1) is 16.5. The monoisotopic (exact) mass is 324 g/mol. The van der Waals surface area contributed by atoms with Crippen molar-refractivity contribution in [1.29, 1.82) is 0 Å². The number of para-hydroxylation sites is 1. The minimum absolute atomic E-state index is 0.0793. The molecule has 0 spiro atoms. The van der Waals surface area contributed by atoms with Crippen LogP contribution in [0.25, 0.3) is 0 Å². The molecule has 0 fully saturated rings. The van der Waals surface area contributed by atoms with Crippen molar-refractivity contribution in [3.8, 4) is 0 Å². The van der Waals surface area contributed by atoms with Crippen molar-refractivity contribution in [3.63, 3.8) is 0 Å². The number of sulfone groups is 1. The quantitative estimate of drug-likeness (QED) is 0.855. The van der Waals surface area contributed by atoms with E-state index in [4.69, 9.17) is 0 Å². The SMILES string of the molecule is CC(=O)N[C@@H](CCS(C)(=O)=O)C(=O)N1CCc2ccccc21. The maximum Gasteiger partial charge on any atom is 0.249 e. The highest BCUT2D eigenvalue weighted by Crippen LogP contribution is 2.28. The highest BCUT2D eigenvalue weighted by atomic mass is 32.2. The number of rotatable bonds is 5. The fourth-order valence-electron chi connectivity index (χ4n) is 2.59. The lowest BCUT2D eigenvalue weighted by Crippen LogP contribution is -2.48. The first-order valence-corrected chi connectivity index (χ1v) is 9.18. The summed E-state index contributed by atoms with van der Waals surface area (Å²) >= 11 is 0. The molecule has 0 saturated heterocycles. The molecule has 1 aliphatic rings. The Bertz CT molecular complexity index is 685. The van der Waals surface area contributed by atoms with Crippen LogP contribution in [0.5, 0.6) is 0 Å². The highest BCUT2D eigenvalue weighted by Gasteiger charge is 2.30. The van der Waals surface area contributed by atoms with Crippen LogP contribution in [0.3, 0.4) is 0 Å². The molecular weight excluding hydrogens is 304 g/mol. The van der Waals surface area contributed by atoms with Gasteiger partial charge in [-0.1, -0.05) is 18.2 Å². The van der Waals surface area contributed by atoms with E-state index in [1.54, 1.807) is 4.90 Å². The third-order valence-corrected chi connectivity index (χ3v) is 4.58. The van der Waals surface area contributed by atoms with Crippen LogP contribution in [0.2, 0.25) is 0 Å². The summed E-state index contributed by atoms with van der Waals surface area (Å²) in [6, 6.07) is 6.78. The first-order chi connectivity index (χ1) is 10.3. The fraction of sp³-hybridized carbons (Fsp3) is 0.467. The number of carbonyl (C=O) groups is 2. The van der Waals surface area contributed by atoms with Crippen LogP contribution in [0.4, 0.5) is 5.69 Å². The summed E-state index contributed by atoms with van der Waals surface area (Å²) < 4.78 is 22.7. The van der Waals surface area contributed by atoms with Gasteiger partial charge in [0.25, 0.3) is 0 Å². The second-order valence-electron chi connectivity index (χ2n) is 5.54. The number of benzene rings is 1. The van der Waals surface area contributed by atoms with Gasteiger partial charge < -0.3 is 10.2 Å². The van der Waals surface area contributed by atoms with Crippen LogP contribution < -0.4 is 10.2 Å². The van der Waals surface area contributed by atoms with E-state index < -0.39 is 15.9 Å². The molecular formula is C15H20N2O4S. The van der Waals surface area contributed by atoms with Gasteiger partial charge in [-0.2, -0.15) is 0 Å². The van der Waals surface area contributed by atoms with E-state index in [2.05, 4.69) is 5.32 Å². The second-order valence-corrected chi connectivity index (χ2v) is 7.80. The Morgan fingerprint density at radius 3 is 2.64 bits per heavy atom. The molecule has 7 heteroatoms. The molecule has 1 heterocycles. The lowest BCUT2D eigenvalue weighted by Gasteiger charge is -2.24. The Morgan fingerprint density at radius 2 is 2.00 bits per heavy atom. The molecule has 120 valence electrons. The molecule has 0 saturated carbocycles. The van der Waals surface area contributed by atoms with E-state index in [0.717, 1.165) is 23.9 Å². The van der Waals surface area contributed by atoms with Gasteiger partial charge in [0.05, 0.1) is 5.75 Å². The van der Waals surface area contributed by atoms with E-state index in [-0.39, 0.29) is 24.0 Å². The molecule has 1 N–H and O–H groups in total. The number of carbonyl (C=O) groups excluding carboxylic acids is 2. The Hall–Kier alpha value is -1.89. The van der Waals surface area contributed by atoms with E-state index in [0.29, 0.717) is 6.54 Å². The molecule has 0 aromatic heterocycles. The molecule has 0 aliphatic carbocycles. The van der Waals surface area contributed by atoms with Gasteiger partial charge in [0.15, 0.2) is 0 Å². The standard InChI is InChI=1S/C15H20N2O4S/c1-11(18)16-13(8-10-22(2,20)21)15(19)17-9-7-12-5-3-4-6-14(12)17/h3-6,13H,7-10H2,1-2H3,(H,16,18)/t13-/m0/s1. The zero-order valence-electron chi connectivity index (χ0n) is 12.7. The normalized spacial score (nSPS) is 15.3. The molecule has 1 aliphatic heterocycles. The average Bonchev–Trinajstić information content (AvgIpc) is 2.85. The predicted octanol–water partition coefficient (Wildman–Crippen LogP) is 0.515. The van der Waals surface area contributed by atoms with Crippen LogP contribution in [0.15, 0.2) is 24.3 Å². The number of anilines is 1.